The number of sulfonamides is 1. The summed E-state index contributed by atoms with van der Waals surface area (Å²) in [6, 6.07) is 8.56. The standard InChI is InChI=1S/C26H40N6O5S/c1-18(2)32-24-7-5-4-6-23(24)25(28-32)37-26(34)27-19-14-20-8-9-21(15-19)31(20)17-22(33)16-29-10-12-30(13-11-29)38(3,35)36/h4-7,18-22,33H,8-17H2,1-3H3,(H,27,34)/t19?,20-,21+,22?. The summed E-state index contributed by atoms with van der Waals surface area (Å²) in [5.41, 5.74) is 0.937. The molecule has 0 saturated carbocycles. The van der Waals surface area contributed by atoms with E-state index in [2.05, 4.69) is 20.2 Å². The molecule has 2 N–H and O–H groups in total. The molecule has 4 heterocycles. The summed E-state index contributed by atoms with van der Waals surface area (Å²) in [6.07, 6.45) is 4.03. The quantitative estimate of drug-likeness (QED) is 0.511. The van der Waals surface area contributed by atoms with Gasteiger partial charge in [-0.05, 0) is 51.7 Å². The predicted octanol–water partition coefficient (Wildman–Crippen LogP) is 1.64. The first-order valence-electron chi connectivity index (χ1n) is 13.7. The number of piperazine rings is 1. The highest BCUT2D eigenvalue weighted by molar-refractivity contribution is 7.88. The van der Waals surface area contributed by atoms with E-state index in [4.69, 9.17) is 4.74 Å². The molecule has 0 aliphatic carbocycles. The number of amides is 1. The zero-order valence-electron chi connectivity index (χ0n) is 22.5. The molecule has 3 saturated heterocycles. The van der Waals surface area contributed by atoms with Crippen LogP contribution in [0.5, 0.6) is 5.88 Å². The van der Waals surface area contributed by atoms with Crippen LogP contribution in [0.1, 0.15) is 45.6 Å². The molecule has 5 rings (SSSR count). The van der Waals surface area contributed by atoms with Gasteiger partial charge in [-0.2, -0.15) is 4.31 Å². The minimum atomic E-state index is -3.16. The fraction of sp³-hybridized carbons (Fsp3) is 0.692. The SMILES string of the molecule is CC(C)n1nc(OC(=O)NC2C[C@H]3CC[C@@H](C2)N3CC(O)CN2CCN(S(C)(=O)=O)CC2)c2ccccc21. The van der Waals surface area contributed by atoms with Crippen molar-refractivity contribution in [3.8, 4) is 5.88 Å². The third-order valence-electron chi connectivity index (χ3n) is 8.16. The normalized spacial score (nSPS) is 26.2. The molecular weight excluding hydrogens is 508 g/mol. The highest BCUT2D eigenvalue weighted by Crippen LogP contribution is 2.36. The Morgan fingerprint density at radius 3 is 2.39 bits per heavy atom. The summed E-state index contributed by atoms with van der Waals surface area (Å²) in [6.45, 7) is 7.43. The Bertz CT molecular complexity index is 1230. The second-order valence-electron chi connectivity index (χ2n) is 11.3. The first-order chi connectivity index (χ1) is 18.1. The number of nitrogens with zero attached hydrogens (tertiary/aromatic N) is 5. The van der Waals surface area contributed by atoms with Crippen LogP contribution in [-0.4, -0.2) is 113 Å². The number of aromatic nitrogens is 2. The average Bonchev–Trinajstić information content (AvgIpc) is 3.32. The maximum Gasteiger partial charge on any atom is 0.414 e. The molecule has 210 valence electrons. The van der Waals surface area contributed by atoms with Crippen LogP contribution in [0.15, 0.2) is 24.3 Å². The number of piperidine rings is 1. The van der Waals surface area contributed by atoms with Gasteiger partial charge in [-0.1, -0.05) is 12.1 Å². The number of carbonyl (C=O) groups is 1. The molecule has 1 aromatic heterocycles. The van der Waals surface area contributed by atoms with Crippen molar-refractivity contribution in [3.63, 3.8) is 0 Å². The number of β-amino-alcohol motifs (C(OH)–C–C–N with tert-alkyl or cyclic N) is 1. The first-order valence-corrected chi connectivity index (χ1v) is 15.5. The van der Waals surface area contributed by atoms with Crippen molar-refractivity contribution in [1.29, 1.82) is 0 Å². The Labute approximate surface area is 224 Å². The highest BCUT2D eigenvalue weighted by Gasteiger charge is 2.42. The van der Waals surface area contributed by atoms with E-state index in [0.717, 1.165) is 36.6 Å². The molecule has 38 heavy (non-hydrogen) atoms. The van der Waals surface area contributed by atoms with Crippen LogP contribution in [0.3, 0.4) is 0 Å². The Hall–Kier alpha value is -2.25. The van der Waals surface area contributed by atoms with E-state index in [9.17, 15) is 18.3 Å². The molecule has 2 aromatic rings. The van der Waals surface area contributed by atoms with E-state index in [1.54, 1.807) is 0 Å². The zero-order valence-corrected chi connectivity index (χ0v) is 23.3. The van der Waals surface area contributed by atoms with E-state index in [0.29, 0.717) is 57.2 Å². The van der Waals surface area contributed by atoms with Gasteiger partial charge in [-0.3, -0.25) is 14.5 Å². The molecule has 11 nitrogen and oxygen atoms in total. The van der Waals surface area contributed by atoms with Crippen LogP contribution in [0.2, 0.25) is 0 Å². The fourth-order valence-electron chi connectivity index (χ4n) is 6.35. The number of para-hydroxylation sites is 1. The Kier molecular flexibility index (Phi) is 7.97. The van der Waals surface area contributed by atoms with E-state index < -0.39 is 22.2 Å². The number of fused-ring (bicyclic) bond motifs is 3. The predicted molar refractivity (Wildman–Crippen MR) is 145 cm³/mol. The molecule has 2 unspecified atom stereocenters. The average molecular weight is 549 g/mol. The lowest BCUT2D eigenvalue weighted by Crippen LogP contribution is -2.55. The molecular formula is C26H40N6O5S. The van der Waals surface area contributed by atoms with Crippen LogP contribution in [-0.2, 0) is 10.0 Å². The van der Waals surface area contributed by atoms with Crippen LogP contribution in [0, 0.1) is 0 Å². The number of rotatable bonds is 8. The van der Waals surface area contributed by atoms with Crippen molar-refractivity contribution < 1.29 is 23.1 Å². The minimum absolute atomic E-state index is 0.0240. The molecule has 4 atom stereocenters. The summed E-state index contributed by atoms with van der Waals surface area (Å²) < 4.78 is 32.5. The number of nitrogens with one attached hydrogen (secondary N) is 1. The lowest BCUT2D eigenvalue weighted by Gasteiger charge is -2.41. The summed E-state index contributed by atoms with van der Waals surface area (Å²) >= 11 is 0. The number of benzene rings is 1. The van der Waals surface area contributed by atoms with Crippen molar-refractivity contribution in [2.24, 2.45) is 0 Å². The third-order valence-corrected chi connectivity index (χ3v) is 9.46. The van der Waals surface area contributed by atoms with Gasteiger partial charge in [-0.25, -0.2) is 13.2 Å². The van der Waals surface area contributed by atoms with E-state index >= 15 is 0 Å². The van der Waals surface area contributed by atoms with E-state index in [1.807, 2.05) is 42.8 Å². The first kappa shape index (κ1) is 27.3. The van der Waals surface area contributed by atoms with E-state index in [1.165, 1.54) is 10.6 Å². The maximum absolute atomic E-state index is 12.8. The largest absolute Gasteiger partial charge is 0.414 e. The molecule has 0 radical (unpaired) electrons. The van der Waals surface area contributed by atoms with Gasteiger partial charge in [0, 0.05) is 63.4 Å². The maximum atomic E-state index is 12.8. The fourth-order valence-corrected chi connectivity index (χ4v) is 7.17. The smallest absolute Gasteiger partial charge is 0.390 e. The van der Waals surface area contributed by atoms with Gasteiger partial charge in [0.25, 0.3) is 5.88 Å². The van der Waals surface area contributed by atoms with Crippen LogP contribution >= 0.6 is 0 Å². The Morgan fingerprint density at radius 1 is 1.11 bits per heavy atom. The molecule has 2 bridgehead atoms. The van der Waals surface area contributed by atoms with Crippen molar-refractivity contribution in [2.45, 2.75) is 69.8 Å². The molecule has 3 aliphatic heterocycles. The molecule has 0 spiro atoms. The number of aliphatic hydroxyl groups excluding tert-OH is 1. The summed E-state index contributed by atoms with van der Waals surface area (Å²) in [4.78, 5) is 17.4. The van der Waals surface area contributed by atoms with Crippen molar-refractivity contribution in [1.82, 2.24) is 29.2 Å². The molecule has 3 fully saturated rings. The van der Waals surface area contributed by atoms with Gasteiger partial charge < -0.3 is 15.2 Å². The van der Waals surface area contributed by atoms with Crippen molar-refractivity contribution in [3.05, 3.63) is 24.3 Å². The summed E-state index contributed by atoms with van der Waals surface area (Å²) in [7, 11) is -3.16. The molecule has 1 amide bonds. The van der Waals surface area contributed by atoms with Crippen molar-refractivity contribution in [2.75, 3.05) is 45.5 Å². The third kappa shape index (κ3) is 5.99. The molecule has 12 heteroatoms. The monoisotopic (exact) mass is 548 g/mol. The van der Waals surface area contributed by atoms with Crippen LogP contribution in [0.25, 0.3) is 10.9 Å². The number of ether oxygens (including phenoxy) is 1. The van der Waals surface area contributed by atoms with Crippen LogP contribution < -0.4 is 10.1 Å². The molecule has 1 aromatic carbocycles. The summed E-state index contributed by atoms with van der Waals surface area (Å²) in [5, 5.41) is 19.2. The Balaban J connectivity index is 1.11. The number of aliphatic hydroxyl groups is 1. The van der Waals surface area contributed by atoms with Gasteiger partial charge in [0.05, 0.1) is 23.3 Å². The number of hydrogen-bond donors (Lipinski definition) is 2. The number of carbonyl (C=O) groups excluding carboxylic acids is 1. The van der Waals surface area contributed by atoms with Crippen LogP contribution in [0.4, 0.5) is 4.79 Å². The lowest BCUT2D eigenvalue weighted by molar-refractivity contribution is 0.0282. The lowest BCUT2D eigenvalue weighted by atomic mass is 9.97. The van der Waals surface area contributed by atoms with E-state index in [-0.39, 0.29) is 12.1 Å². The van der Waals surface area contributed by atoms with Crippen molar-refractivity contribution >= 4 is 27.0 Å². The van der Waals surface area contributed by atoms with Gasteiger partial charge >= 0.3 is 6.09 Å². The topological polar surface area (TPSA) is 120 Å². The molecule has 3 aliphatic rings. The summed E-state index contributed by atoms with van der Waals surface area (Å²) in [5.74, 6) is 0.327. The second-order valence-corrected chi connectivity index (χ2v) is 13.2. The van der Waals surface area contributed by atoms with Gasteiger partial charge in [0.15, 0.2) is 0 Å². The van der Waals surface area contributed by atoms with Gasteiger partial charge in [0.2, 0.25) is 10.0 Å². The Morgan fingerprint density at radius 2 is 1.76 bits per heavy atom. The van der Waals surface area contributed by atoms with Gasteiger partial charge in [0.1, 0.15) is 0 Å². The minimum Gasteiger partial charge on any atom is -0.390 e. The number of hydrogen-bond acceptors (Lipinski definition) is 8. The van der Waals surface area contributed by atoms with Gasteiger partial charge in [-0.15, -0.1) is 5.10 Å². The second kappa shape index (κ2) is 11.1. The highest BCUT2D eigenvalue weighted by atomic mass is 32.2. The zero-order chi connectivity index (χ0) is 27.0.